The predicted octanol–water partition coefficient (Wildman–Crippen LogP) is 4.20. The van der Waals surface area contributed by atoms with E-state index in [0.717, 1.165) is 31.4 Å². The molecule has 36 heavy (non-hydrogen) atoms. The number of benzene rings is 1. The number of carbonyl (C=O) groups is 4. The number of amides is 2. The number of anilines is 1. The highest BCUT2D eigenvalue weighted by molar-refractivity contribution is 6.48. The van der Waals surface area contributed by atoms with E-state index in [9.17, 15) is 28.0 Å². The molecule has 1 saturated carbocycles. The average Bonchev–Trinajstić information content (AvgIpc) is 3.38. The molecule has 3 N–H and O–H groups in total. The van der Waals surface area contributed by atoms with Crippen molar-refractivity contribution in [1.29, 1.82) is 0 Å². The number of aromatic nitrogens is 1. The van der Waals surface area contributed by atoms with E-state index in [1.807, 2.05) is 0 Å². The van der Waals surface area contributed by atoms with E-state index in [0.29, 0.717) is 31.5 Å². The summed E-state index contributed by atoms with van der Waals surface area (Å²) in [7, 11) is 0. The minimum Gasteiger partial charge on any atom is -0.481 e. The molecule has 1 aliphatic carbocycles. The van der Waals surface area contributed by atoms with Crippen LogP contribution in [0.1, 0.15) is 65.1 Å². The molecule has 11 heteroatoms. The van der Waals surface area contributed by atoms with E-state index < -0.39 is 35.2 Å². The number of fused-ring (bicyclic) bond motifs is 1. The Labute approximate surface area is 211 Å². The zero-order valence-electron chi connectivity index (χ0n) is 19.4. The Balaban J connectivity index is 1.47. The summed E-state index contributed by atoms with van der Waals surface area (Å²) in [5.41, 5.74) is 0.468. The zero-order chi connectivity index (χ0) is 26.0. The van der Waals surface area contributed by atoms with Crippen LogP contribution in [0.25, 0.3) is 0 Å². The van der Waals surface area contributed by atoms with Crippen molar-refractivity contribution < 1.29 is 33.1 Å². The van der Waals surface area contributed by atoms with Crippen LogP contribution in [0.2, 0.25) is 5.02 Å². The molecule has 1 aliphatic heterocycles. The Morgan fingerprint density at radius 2 is 1.83 bits per heavy atom. The SMILES string of the molecule is O=C(O)C[C@H]1CCCC(CNC(=O)C(=O)c2c(Cl)c(C(=O)Nc3ccc(F)c(F)c3)c3n2CCC3)C1. The molecule has 192 valence electrons. The molecule has 1 aromatic heterocycles. The highest BCUT2D eigenvalue weighted by Crippen LogP contribution is 2.34. The fourth-order valence-electron chi connectivity index (χ4n) is 5.21. The summed E-state index contributed by atoms with van der Waals surface area (Å²) in [5, 5.41) is 14.0. The lowest BCUT2D eigenvalue weighted by molar-refractivity contribution is -0.138. The van der Waals surface area contributed by atoms with Crippen molar-refractivity contribution in [3.63, 3.8) is 0 Å². The third kappa shape index (κ3) is 5.43. The van der Waals surface area contributed by atoms with Gasteiger partial charge in [-0.3, -0.25) is 19.2 Å². The van der Waals surface area contributed by atoms with Gasteiger partial charge in [0.25, 0.3) is 17.6 Å². The van der Waals surface area contributed by atoms with Crippen molar-refractivity contribution in [2.24, 2.45) is 11.8 Å². The number of rotatable bonds is 8. The number of carboxylic acid groups (broad SMARTS) is 1. The van der Waals surface area contributed by atoms with E-state index in [1.165, 1.54) is 6.07 Å². The second kappa shape index (κ2) is 10.8. The number of nitrogens with zero attached hydrogens (tertiary/aromatic N) is 1. The van der Waals surface area contributed by atoms with E-state index in [2.05, 4.69) is 10.6 Å². The number of Topliss-reactive ketones (excluding diaryl/α,β-unsaturated/α-hetero) is 1. The lowest BCUT2D eigenvalue weighted by Crippen LogP contribution is -2.37. The smallest absolute Gasteiger partial charge is 0.303 e. The Hall–Kier alpha value is -3.27. The number of carbonyl (C=O) groups excluding carboxylic acids is 3. The topological polar surface area (TPSA) is 118 Å². The van der Waals surface area contributed by atoms with Crippen LogP contribution in [0.5, 0.6) is 0 Å². The van der Waals surface area contributed by atoms with Gasteiger partial charge in [0.05, 0.1) is 10.6 Å². The van der Waals surface area contributed by atoms with Crippen LogP contribution in [0, 0.1) is 23.5 Å². The summed E-state index contributed by atoms with van der Waals surface area (Å²) < 4.78 is 28.3. The van der Waals surface area contributed by atoms with Crippen LogP contribution in [0.15, 0.2) is 18.2 Å². The third-order valence-electron chi connectivity index (χ3n) is 6.84. The second-order valence-corrected chi connectivity index (χ2v) is 9.74. The van der Waals surface area contributed by atoms with Gasteiger partial charge in [0.15, 0.2) is 11.6 Å². The molecule has 2 atom stereocenters. The molecular weight excluding hydrogens is 496 g/mol. The van der Waals surface area contributed by atoms with Gasteiger partial charge in [-0.25, -0.2) is 8.78 Å². The molecular formula is C25H26ClF2N3O5. The van der Waals surface area contributed by atoms with Crippen LogP contribution in [0.4, 0.5) is 14.5 Å². The molecule has 0 radical (unpaired) electrons. The fraction of sp³-hybridized carbons (Fsp3) is 0.440. The van der Waals surface area contributed by atoms with Crippen molar-refractivity contribution in [3.8, 4) is 0 Å². The summed E-state index contributed by atoms with van der Waals surface area (Å²) in [6.45, 7) is 0.650. The number of halogens is 3. The molecule has 2 aliphatic rings. The van der Waals surface area contributed by atoms with Crippen molar-refractivity contribution >= 4 is 40.9 Å². The number of hydrogen-bond donors (Lipinski definition) is 3. The first-order valence-corrected chi connectivity index (χ1v) is 12.2. The fourth-order valence-corrected chi connectivity index (χ4v) is 5.59. The summed E-state index contributed by atoms with van der Waals surface area (Å²) in [4.78, 5) is 49.8. The Morgan fingerprint density at radius 3 is 2.56 bits per heavy atom. The molecule has 2 amide bonds. The molecule has 2 heterocycles. The van der Waals surface area contributed by atoms with Crippen LogP contribution in [0.3, 0.4) is 0 Å². The van der Waals surface area contributed by atoms with Gasteiger partial charge < -0.3 is 20.3 Å². The highest BCUT2D eigenvalue weighted by atomic mass is 35.5. The van der Waals surface area contributed by atoms with Gasteiger partial charge in [-0.2, -0.15) is 0 Å². The van der Waals surface area contributed by atoms with Crippen LogP contribution in [-0.4, -0.2) is 39.8 Å². The molecule has 8 nitrogen and oxygen atoms in total. The van der Waals surface area contributed by atoms with E-state index in [-0.39, 0.29) is 46.8 Å². The maximum absolute atomic E-state index is 13.5. The maximum atomic E-state index is 13.5. The average molecular weight is 522 g/mol. The van der Waals surface area contributed by atoms with Gasteiger partial charge in [0, 0.05) is 37.0 Å². The van der Waals surface area contributed by atoms with Crippen LogP contribution < -0.4 is 10.6 Å². The number of carboxylic acids is 1. The zero-order valence-corrected chi connectivity index (χ0v) is 20.2. The first-order valence-electron chi connectivity index (χ1n) is 11.9. The summed E-state index contributed by atoms with van der Waals surface area (Å²) in [6, 6.07) is 2.92. The monoisotopic (exact) mass is 521 g/mol. The molecule has 1 unspecified atom stereocenters. The van der Waals surface area contributed by atoms with Gasteiger partial charge in [0.1, 0.15) is 5.69 Å². The first-order chi connectivity index (χ1) is 17.2. The van der Waals surface area contributed by atoms with Crippen molar-refractivity contribution in [2.45, 2.75) is 51.5 Å². The highest BCUT2D eigenvalue weighted by Gasteiger charge is 2.35. The first kappa shape index (κ1) is 25.8. The lowest BCUT2D eigenvalue weighted by Gasteiger charge is -2.28. The molecule has 4 rings (SSSR count). The number of hydrogen-bond acceptors (Lipinski definition) is 4. The minimum atomic E-state index is -1.12. The van der Waals surface area contributed by atoms with Gasteiger partial charge in [-0.05, 0) is 56.1 Å². The molecule has 0 bridgehead atoms. The molecule has 2 aromatic rings. The van der Waals surface area contributed by atoms with E-state index in [1.54, 1.807) is 4.57 Å². The second-order valence-electron chi connectivity index (χ2n) is 9.36. The van der Waals surface area contributed by atoms with Crippen LogP contribution >= 0.6 is 11.6 Å². The van der Waals surface area contributed by atoms with Crippen LogP contribution in [-0.2, 0) is 22.6 Å². The normalized spacial score (nSPS) is 19.0. The van der Waals surface area contributed by atoms with Crippen molar-refractivity contribution in [2.75, 3.05) is 11.9 Å². The molecule has 0 spiro atoms. The summed E-state index contributed by atoms with van der Waals surface area (Å²) in [5.74, 6) is -5.31. The van der Waals surface area contributed by atoms with Gasteiger partial charge in [-0.15, -0.1) is 0 Å². The maximum Gasteiger partial charge on any atom is 0.303 e. The van der Waals surface area contributed by atoms with Gasteiger partial charge >= 0.3 is 5.97 Å². The summed E-state index contributed by atoms with van der Waals surface area (Å²) in [6.07, 6.45) is 4.38. The largest absolute Gasteiger partial charge is 0.481 e. The Morgan fingerprint density at radius 1 is 1.08 bits per heavy atom. The van der Waals surface area contributed by atoms with Crippen molar-refractivity contribution in [3.05, 3.63) is 51.8 Å². The van der Waals surface area contributed by atoms with E-state index in [4.69, 9.17) is 16.7 Å². The van der Waals surface area contributed by atoms with Gasteiger partial charge in [-0.1, -0.05) is 18.0 Å². The van der Waals surface area contributed by atoms with Crippen molar-refractivity contribution in [1.82, 2.24) is 9.88 Å². The minimum absolute atomic E-state index is 0.0206. The number of nitrogens with one attached hydrogen (secondary N) is 2. The number of ketones is 1. The molecule has 0 saturated heterocycles. The molecule has 1 aromatic carbocycles. The van der Waals surface area contributed by atoms with Gasteiger partial charge in [0.2, 0.25) is 0 Å². The number of aliphatic carboxylic acids is 1. The summed E-state index contributed by atoms with van der Waals surface area (Å²) >= 11 is 6.45. The Bertz CT molecular complexity index is 1230. The lowest BCUT2D eigenvalue weighted by atomic mass is 9.80. The third-order valence-corrected chi connectivity index (χ3v) is 7.21. The standard InChI is InChI=1S/C25H26ClF2N3O5/c26-21-20(24(35)30-15-6-7-16(27)17(28)11-15)18-5-2-8-31(18)22(21)23(34)25(36)29-12-14-4-1-3-13(9-14)10-19(32)33/h6-7,11,13-14H,1-5,8-10,12H2,(H,29,36)(H,30,35)(H,32,33)/t13-,14?/m0/s1. The van der Waals surface area contributed by atoms with E-state index >= 15 is 0 Å². The quantitative estimate of drug-likeness (QED) is 0.355. The predicted molar refractivity (Wildman–Crippen MR) is 127 cm³/mol. The Kier molecular flexibility index (Phi) is 7.73. The molecule has 1 fully saturated rings.